The number of para-hydroxylation sites is 1. The summed E-state index contributed by atoms with van der Waals surface area (Å²) in [6.07, 6.45) is 0. The molecule has 32 heavy (non-hydrogen) atoms. The molecule has 4 rings (SSSR count). The van der Waals surface area contributed by atoms with Gasteiger partial charge in [0.1, 0.15) is 11.3 Å². The van der Waals surface area contributed by atoms with Crippen molar-refractivity contribution in [2.24, 2.45) is 0 Å². The molecule has 8 heteroatoms. The summed E-state index contributed by atoms with van der Waals surface area (Å²) in [5.74, 6) is -1.36. The first-order valence-electron chi connectivity index (χ1n) is 9.93. The zero-order valence-corrected chi connectivity index (χ0v) is 18.2. The number of hydrogen-bond acceptors (Lipinski definition) is 6. The number of esters is 2. The van der Waals surface area contributed by atoms with Gasteiger partial charge in [-0.25, -0.2) is 19.0 Å². The molecule has 0 aliphatic rings. The van der Waals surface area contributed by atoms with E-state index in [2.05, 4.69) is 10.2 Å². The van der Waals surface area contributed by atoms with Gasteiger partial charge in [-0.2, -0.15) is 10.2 Å². The van der Waals surface area contributed by atoms with Crippen molar-refractivity contribution in [1.29, 1.82) is 0 Å². The van der Waals surface area contributed by atoms with Crippen LogP contribution in [0.2, 0.25) is 0 Å². The topological polar surface area (TPSA) is 88.2 Å². The molecular weight excluding hydrogens is 408 g/mol. The molecule has 8 nitrogen and oxygen atoms in total. The monoisotopic (exact) mass is 430 g/mol. The van der Waals surface area contributed by atoms with Crippen molar-refractivity contribution in [3.8, 4) is 22.6 Å². The first kappa shape index (κ1) is 21.0. The van der Waals surface area contributed by atoms with Crippen molar-refractivity contribution >= 4 is 11.9 Å². The summed E-state index contributed by atoms with van der Waals surface area (Å²) in [6, 6.07) is 18.5. The van der Waals surface area contributed by atoms with Crippen LogP contribution in [0.4, 0.5) is 0 Å². The third-order valence-electron chi connectivity index (χ3n) is 5.05. The zero-order chi connectivity index (χ0) is 22.8. The summed E-state index contributed by atoms with van der Waals surface area (Å²) in [5.41, 5.74) is 4.43. The van der Waals surface area contributed by atoms with Crippen LogP contribution in [0.15, 0.2) is 60.7 Å². The molecule has 0 spiro atoms. The maximum Gasteiger partial charge on any atom is 0.357 e. The van der Waals surface area contributed by atoms with Crippen molar-refractivity contribution in [3.05, 3.63) is 83.3 Å². The molecule has 0 fully saturated rings. The van der Waals surface area contributed by atoms with Crippen LogP contribution in [0.3, 0.4) is 0 Å². The van der Waals surface area contributed by atoms with Crippen LogP contribution in [0.25, 0.3) is 22.6 Å². The highest BCUT2D eigenvalue weighted by Crippen LogP contribution is 2.30. The number of carbonyl (C=O) groups is 2. The summed E-state index contributed by atoms with van der Waals surface area (Å²) in [6.45, 7) is 3.92. The number of methoxy groups -OCH3 is 2. The first-order valence-corrected chi connectivity index (χ1v) is 9.93. The minimum absolute atomic E-state index is 0.00294. The number of carbonyl (C=O) groups excluding carboxylic acids is 2. The van der Waals surface area contributed by atoms with Crippen LogP contribution in [-0.2, 0) is 9.47 Å². The average Bonchev–Trinajstić information content (AvgIpc) is 3.38. The van der Waals surface area contributed by atoms with Gasteiger partial charge in [0.05, 0.1) is 31.3 Å². The third kappa shape index (κ3) is 3.66. The van der Waals surface area contributed by atoms with E-state index in [9.17, 15) is 9.59 Å². The number of rotatable bonds is 5. The fraction of sp³-hybridized carbons (Fsp3) is 0.167. The quantitative estimate of drug-likeness (QED) is 0.446. The van der Waals surface area contributed by atoms with E-state index in [-0.39, 0.29) is 11.3 Å². The van der Waals surface area contributed by atoms with E-state index in [0.29, 0.717) is 16.9 Å². The molecule has 0 bridgehead atoms. The summed E-state index contributed by atoms with van der Waals surface area (Å²) in [4.78, 5) is 25.4. The molecule has 0 amide bonds. The third-order valence-corrected chi connectivity index (χ3v) is 5.05. The number of benzene rings is 2. The summed E-state index contributed by atoms with van der Waals surface area (Å²) in [7, 11) is 2.52. The highest BCUT2D eigenvalue weighted by molar-refractivity contribution is 6.06. The molecular formula is C24H22N4O4. The Balaban J connectivity index is 1.90. The van der Waals surface area contributed by atoms with Crippen molar-refractivity contribution < 1.29 is 19.1 Å². The van der Waals surface area contributed by atoms with Gasteiger partial charge in [-0.3, -0.25) is 0 Å². The van der Waals surface area contributed by atoms with Gasteiger partial charge < -0.3 is 9.47 Å². The fourth-order valence-electron chi connectivity index (χ4n) is 3.61. The lowest BCUT2D eigenvalue weighted by Gasteiger charge is -2.07. The minimum Gasteiger partial charge on any atom is -0.465 e. The van der Waals surface area contributed by atoms with Gasteiger partial charge in [0, 0.05) is 11.3 Å². The van der Waals surface area contributed by atoms with E-state index >= 15 is 0 Å². The Hall–Kier alpha value is -4.20. The molecule has 0 radical (unpaired) electrons. The van der Waals surface area contributed by atoms with Crippen molar-refractivity contribution in [3.63, 3.8) is 0 Å². The molecule has 0 aliphatic heterocycles. The molecule has 162 valence electrons. The lowest BCUT2D eigenvalue weighted by atomic mass is 10.1. The summed E-state index contributed by atoms with van der Waals surface area (Å²) >= 11 is 0. The van der Waals surface area contributed by atoms with Crippen LogP contribution >= 0.6 is 0 Å². The molecule has 0 saturated heterocycles. The Bertz CT molecular complexity index is 1290. The van der Waals surface area contributed by atoms with Crippen molar-refractivity contribution in [1.82, 2.24) is 19.6 Å². The van der Waals surface area contributed by atoms with Crippen LogP contribution in [-0.4, -0.2) is 45.7 Å². The van der Waals surface area contributed by atoms with Crippen molar-refractivity contribution in [2.75, 3.05) is 14.2 Å². The Morgan fingerprint density at radius 1 is 0.781 bits per heavy atom. The van der Waals surface area contributed by atoms with Gasteiger partial charge in [0.2, 0.25) is 0 Å². The number of aryl methyl sites for hydroxylation is 2. The first-order chi connectivity index (χ1) is 15.4. The predicted molar refractivity (Wildman–Crippen MR) is 118 cm³/mol. The van der Waals surface area contributed by atoms with Crippen molar-refractivity contribution in [2.45, 2.75) is 13.8 Å². The Morgan fingerprint density at radius 3 is 1.97 bits per heavy atom. The van der Waals surface area contributed by atoms with Gasteiger partial charge in [-0.15, -0.1) is 0 Å². The molecule has 2 aromatic heterocycles. The smallest absolute Gasteiger partial charge is 0.357 e. The Kier molecular flexibility index (Phi) is 5.59. The fourth-order valence-corrected chi connectivity index (χ4v) is 3.61. The van der Waals surface area contributed by atoms with E-state index in [1.807, 2.05) is 67.1 Å². The molecule has 4 aromatic rings. The van der Waals surface area contributed by atoms with Crippen LogP contribution in [0.5, 0.6) is 0 Å². The second kappa shape index (κ2) is 8.50. The predicted octanol–water partition coefficient (Wildman–Crippen LogP) is 3.92. The summed E-state index contributed by atoms with van der Waals surface area (Å²) < 4.78 is 13.2. The maximum atomic E-state index is 12.7. The molecule has 2 heterocycles. The molecule has 0 saturated carbocycles. The second-order valence-electron chi connectivity index (χ2n) is 7.19. The van der Waals surface area contributed by atoms with Gasteiger partial charge in [0.25, 0.3) is 0 Å². The SMILES string of the molecule is COC(=O)c1c(-c2ccc(-n3nc(C)cc3C)cc2)nn(-c2ccccc2)c1C(=O)OC. The number of aromatic nitrogens is 4. The maximum absolute atomic E-state index is 12.7. The lowest BCUT2D eigenvalue weighted by Crippen LogP contribution is -2.15. The standard InChI is InChI=1S/C24H22N4O4/c1-15-14-16(2)27(25-15)19-12-10-17(11-13-19)21-20(23(29)31-3)22(24(30)32-4)28(26-21)18-8-6-5-7-9-18/h5-14H,1-4H3. The number of nitrogens with zero attached hydrogens (tertiary/aromatic N) is 4. The van der Waals surface area contributed by atoms with Gasteiger partial charge >= 0.3 is 11.9 Å². The largest absolute Gasteiger partial charge is 0.465 e. The zero-order valence-electron chi connectivity index (χ0n) is 18.2. The Morgan fingerprint density at radius 2 is 1.41 bits per heavy atom. The van der Waals surface area contributed by atoms with Crippen LogP contribution in [0.1, 0.15) is 32.2 Å². The summed E-state index contributed by atoms with van der Waals surface area (Å²) in [5, 5.41) is 9.10. The van der Waals surface area contributed by atoms with Crippen LogP contribution in [0, 0.1) is 13.8 Å². The molecule has 2 aromatic carbocycles. The number of hydrogen-bond donors (Lipinski definition) is 0. The highest BCUT2D eigenvalue weighted by atomic mass is 16.5. The van der Waals surface area contributed by atoms with Gasteiger partial charge in [-0.1, -0.05) is 30.3 Å². The molecule has 0 aliphatic carbocycles. The van der Waals surface area contributed by atoms with Gasteiger partial charge in [-0.05, 0) is 44.2 Å². The van der Waals surface area contributed by atoms with E-state index in [1.54, 1.807) is 12.1 Å². The lowest BCUT2D eigenvalue weighted by molar-refractivity contribution is 0.0549. The number of ether oxygens (including phenoxy) is 2. The molecule has 0 atom stereocenters. The second-order valence-corrected chi connectivity index (χ2v) is 7.19. The normalized spacial score (nSPS) is 10.8. The molecule has 0 unspecified atom stereocenters. The highest BCUT2D eigenvalue weighted by Gasteiger charge is 2.31. The Labute approximate surface area is 185 Å². The van der Waals surface area contributed by atoms with E-state index in [4.69, 9.17) is 9.47 Å². The van der Waals surface area contributed by atoms with Crippen LogP contribution < -0.4 is 0 Å². The minimum atomic E-state index is -0.688. The van der Waals surface area contributed by atoms with E-state index in [0.717, 1.165) is 17.1 Å². The van der Waals surface area contributed by atoms with E-state index in [1.165, 1.54) is 18.9 Å². The van der Waals surface area contributed by atoms with Gasteiger partial charge in [0.15, 0.2) is 5.69 Å². The molecule has 0 N–H and O–H groups in total. The average molecular weight is 430 g/mol. The van der Waals surface area contributed by atoms with E-state index < -0.39 is 11.9 Å².